The molecular formula is C27H22FN3O4. The summed E-state index contributed by atoms with van der Waals surface area (Å²) in [4.78, 5) is 29.0. The number of rotatable bonds is 8. The van der Waals surface area contributed by atoms with E-state index in [1.165, 1.54) is 42.6 Å². The number of phenols is 1. The van der Waals surface area contributed by atoms with Gasteiger partial charge in [-0.1, -0.05) is 24.3 Å². The predicted molar refractivity (Wildman–Crippen MR) is 128 cm³/mol. The van der Waals surface area contributed by atoms with Gasteiger partial charge in [0, 0.05) is 24.8 Å². The van der Waals surface area contributed by atoms with Gasteiger partial charge in [0.25, 0.3) is 11.8 Å². The second-order valence-electron chi connectivity index (χ2n) is 7.64. The zero-order valence-corrected chi connectivity index (χ0v) is 18.6. The van der Waals surface area contributed by atoms with E-state index in [1.807, 2.05) is 24.3 Å². The monoisotopic (exact) mass is 471 g/mol. The average molecular weight is 471 g/mol. The standard InChI is InChI=1S/C27H22FN3O4/c28-21-9-13-23(14-10-21)35-27-24(2-1-15-29-27)26(34)31-17-19-5-3-18(4-6-19)16-30-25(33)20-7-11-22(32)12-8-20/h1-15,32H,16-17H2,(H,30,33)(H,31,34). The molecule has 0 atom stereocenters. The maximum atomic E-state index is 13.1. The summed E-state index contributed by atoms with van der Waals surface area (Å²) in [5.41, 5.74) is 2.48. The van der Waals surface area contributed by atoms with Gasteiger partial charge >= 0.3 is 0 Å². The number of carbonyl (C=O) groups is 2. The predicted octanol–water partition coefficient (Wildman–Crippen LogP) is 4.58. The Kier molecular flexibility index (Phi) is 7.32. The Morgan fingerprint density at radius 3 is 2.03 bits per heavy atom. The number of pyridine rings is 1. The molecule has 0 aliphatic heterocycles. The van der Waals surface area contributed by atoms with Gasteiger partial charge in [-0.25, -0.2) is 9.37 Å². The molecule has 7 nitrogen and oxygen atoms in total. The number of halogens is 1. The van der Waals surface area contributed by atoms with Crippen molar-refractivity contribution in [2.24, 2.45) is 0 Å². The first-order valence-electron chi connectivity index (χ1n) is 10.8. The average Bonchev–Trinajstić information content (AvgIpc) is 2.88. The van der Waals surface area contributed by atoms with Crippen LogP contribution in [0.5, 0.6) is 17.4 Å². The first-order valence-corrected chi connectivity index (χ1v) is 10.8. The van der Waals surface area contributed by atoms with Gasteiger partial charge in [0.2, 0.25) is 5.88 Å². The summed E-state index contributed by atoms with van der Waals surface area (Å²) in [6.45, 7) is 0.621. The Labute approximate surface area is 201 Å². The molecular weight excluding hydrogens is 449 g/mol. The third kappa shape index (κ3) is 6.42. The van der Waals surface area contributed by atoms with Crippen LogP contribution in [-0.4, -0.2) is 21.9 Å². The van der Waals surface area contributed by atoms with Gasteiger partial charge in [0.15, 0.2) is 0 Å². The number of phenolic OH excluding ortho intramolecular Hbond substituents is 1. The number of aromatic nitrogens is 1. The van der Waals surface area contributed by atoms with Gasteiger partial charge in [0.05, 0.1) is 0 Å². The van der Waals surface area contributed by atoms with Crippen LogP contribution in [0.3, 0.4) is 0 Å². The zero-order chi connectivity index (χ0) is 24.6. The Morgan fingerprint density at radius 2 is 1.40 bits per heavy atom. The fourth-order valence-corrected chi connectivity index (χ4v) is 3.21. The molecule has 0 bridgehead atoms. The highest BCUT2D eigenvalue weighted by Gasteiger charge is 2.14. The first kappa shape index (κ1) is 23.4. The molecule has 0 fully saturated rings. The van der Waals surface area contributed by atoms with Gasteiger partial charge < -0.3 is 20.5 Å². The largest absolute Gasteiger partial charge is 0.508 e. The van der Waals surface area contributed by atoms with E-state index in [0.717, 1.165) is 11.1 Å². The van der Waals surface area contributed by atoms with Crippen molar-refractivity contribution in [3.63, 3.8) is 0 Å². The molecule has 0 radical (unpaired) electrons. The van der Waals surface area contributed by atoms with Crippen LogP contribution in [0.25, 0.3) is 0 Å². The lowest BCUT2D eigenvalue weighted by Gasteiger charge is -2.11. The number of hydrogen-bond donors (Lipinski definition) is 3. The Hall–Kier alpha value is -4.72. The lowest BCUT2D eigenvalue weighted by atomic mass is 10.1. The van der Waals surface area contributed by atoms with E-state index in [1.54, 1.807) is 24.3 Å². The van der Waals surface area contributed by atoms with E-state index in [9.17, 15) is 19.1 Å². The third-order valence-corrected chi connectivity index (χ3v) is 5.10. The SMILES string of the molecule is O=C(NCc1ccc(CNC(=O)c2cccnc2Oc2ccc(F)cc2)cc1)c1ccc(O)cc1. The van der Waals surface area contributed by atoms with Crippen LogP contribution >= 0.6 is 0 Å². The van der Waals surface area contributed by atoms with Crippen molar-refractivity contribution in [3.8, 4) is 17.4 Å². The fraction of sp³-hybridized carbons (Fsp3) is 0.0741. The molecule has 3 aromatic carbocycles. The second kappa shape index (κ2) is 10.9. The maximum absolute atomic E-state index is 13.1. The molecule has 3 N–H and O–H groups in total. The highest BCUT2D eigenvalue weighted by molar-refractivity contribution is 5.96. The molecule has 35 heavy (non-hydrogen) atoms. The van der Waals surface area contributed by atoms with Gasteiger partial charge in [0.1, 0.15) is 22.9 Å². The minimum Gasteiger partial charge on any atom is -0.508 e. The summed E-state index contributed by atoms with van der Waals surface area (Å²) in [7, 11) is 0. The van der Waals surface area contributed by atoms with Gasteiger partial charge in [-0.05, 0) is 71.8 Å². The van der Waals surface area contributed by atoms with Crippen molar-refractivity contribution in [1.82, 2.24) is 15.6 Å². The van der Waals surface area contributed by atoms with Gasteiger partial charge in [-0.3, -0.25) is 9.59 Å². The molecule has 8 heteroatoms. The van der Waals surface area contributed by atoms with Crippen molar-refractivity contribution in [2.45, 2.75) is 13.1 Å². The van der Waals surface area contributed by atoms with Crippen molar-refractivity contribution in [3.05, 3.63) is 119 Å². The normalized spacial score (nSPS) is 10.4. The van der Waals surface area contributed by atoms with Crippen LogP contribution in [-0.2, 0) is 13.1 Å². The number of carbonyl (C=O) groups excluding carboxylic acids is 2. The number of nitrogens with one attached hydrogen (secondary N) is 2. The van der Waals surface area contributed by atoms with E-state index >= 15 is 0 Å². The van der Waals surface area contributed by atoms with Crippen LogP contribution in [0.15, 0.2) is 91.1 Å². The van der Waals surface area contributed by atoms with Crippen molar-refractivity contribution < 1.29 is 23.8 Å². The lowest BCUT2D eigenvalue weighted by Crippen LogP contribution is -2.24. The number of amides is 2. The number of benzene rings is 3. The van der Waals surface area contributed by atoms with E-state index in [4.69, 9.17) is 4.74 Å². The summed E-state index contributed by atoms with van der Waals surface area (Å²) < 4.78 is 18.8. The van der Waals surface area contributed by atoms with E-state index < -0.39 is 0 Å². The number of hydrogen-bond acceptors (Lipinski definition) is 5. The molecule has 0 spiro atoms. The summed E-state index contributed by atoms with van der Waals surface area (Å²) in [6, 6.07) is 22.2. The van der Waals surface area contributed by atoms with Crippen molar-refractivity contribution in [1.29, 1.82) is 0 Å². The van der Waals surface area contributed by atoms with Gasteiger partial charge in [-0.15, -0.1) is 0 Å². The molecule has 4 aromatic rings. The third-order valence-electron chi connectivity index (χ3n) is 5.10. The molecule has 2 amide bonds. The van der Waals surface area contributed by atoms with Crippen LogP contribution < -0.4 is 15.4 Å². The summed E-state index contributed by atoms with van der Waals surface area (Å²) in [5, 5.41) is 15.0. The summed E-state index contributed by atoms with van der Waals surface area (Å²) in [5.74, 6) is -0.396. The fourth-order valence-electron chi connectivity index (χ4n) is 3.21. The van der Waals surface area contributed by atoms with Crippen LogP contribution in [0, 0.1) is 5.82 Å². The smallest absolute Gasteiger partial charge is 0.257 e. The molecule has 176 valence electrons. The molecule has 0 aliphatic carbocycles. The Bertz CT molecular complexity index is 1310. The minimum absolute atomic E-state index is 0.101. The van der Waals surface area contributed by atoms with Crippen LogP contribution in [0.4, 0.5) is 4.39 Å². The minimum atomic E-state index is -0.387. The second-order valence-corrected chi connectivity index (χ2v) is 7.64. The zero-order valence-electron chi connectivity index (χ0n) is 18.6. The molecule has 0 saturated carbocycles. The van der Waals surface area contributed by atoms with Crippen LogP contribution in [0.1, 0.15) is 31.8 Å². The van der Waals surface area contributed by atoms with Crippen molar-refractivity contribution in [2.75, 3.05) is 0 Å². The summed E-state index contributed by atoms with van der Waals surface area (Å²) in [6.07, 6.45) is 1.51. The van der Waals surface area contributed by atoms with Crippen molar-refractivity contribution >= 4 is 11.8 Å². The number of ether oxygens (including phenoxy) is 1. The number of nitrogens with zero attached hydrogens (tertiary/aromatic N) is 1. The van der Waals surface area contributed by atoms with Crippen LogP contribution in [0.2, 0.25) is 0 Å². The van der Waals surface area contributed by atoms with E-state index in [-0.39, 0.29) is 41.4 Å². The Balaban J connectivity index is 1.31. The molecule has 4 rings (SSSR count). The quantitative estimate of drug-likeness (QED) is 0.349. The Morgan fingerprint density at radius 1 is 0.800 bits per heavy atom. The summed E-state index contributed by atoms with van der Waals surface area (Å²) >= 11 is 0. The maximum Gasteiger partial charge on any atom is 0.257 e. The topological polar surface area (TPSA) is 101 Å². The molecule has 0 saturated heterocycles. The first-order chi connectivity index (χ1) is 17.0. The molecule has 1 aromatic heterocycles. The number of aromatic hydroxyl groups is 1. The molecule has 0 unspecified atom stereocenters. The van der Waals surface area contributed by atoms with E-state index in [0.29, 0.717) is 17.9 Å². The van der Waals surface area contributed by atoms with E-state index in [2.05, 4.69) is 15.6 Å². The van der Waals surface area contributed by atoms with Gasteiger partial charge in [-0.2, -0.15) is 0 Å². The molecule has 1 heterocycles. The highest BCUT2D eigenvalue weighted by atomic mass is 19.1. The highest BCUT2D eigenvalue weighted by Crippen LogP contribution is 2.23. The lowest BCUT2D eigenvalue weighted by molar-refractivity contribution is 0.0940. The molecule has 0 aliphatic rings.